The Morgan fingerprint density at radius 3 is 2.83 bits per heavy atom. The molecule has 0 bridgehead atoms. The lowest BCUT2D eigenvalue weighted by Crippen LogP contribution is -2.51. The van der Waals surface area contributed by atoms with Crippen LogP contribution in [0.1, 0.15) is 18.7 Å². The number of pyridine rings is 1. The van der Waals surface area contributed by atoms with Crippen LogP contribution in [0.25, 0.3) is 10.9 Å². The van der Waals surface area contributed by atoms with Gasteiger partial charge in [0.15, 0.2) is 0 Å². The van der Waals surface area contributed by atoms with Crippen LogP contribution in [-0.4, -0.2) is 71.1 Å². The number of fused-ring (bicyclic) bond motifs is 1. The van der Waals surface area contributed by atoms with Crippen LogP contribution in [0.3, 0.4) is 0 Å². The summed E-state index contributed by atoms with van der Waals surface area (Å²) in [6, 6.07) is 2.18. The zero-order valence-corrected chi connectivity index (χ0v) is 14.7. The van der Waals surface area contributed by atoms with Gasteiger partial charge in [0.2, 0.25) is 0 Å². The minimum Gasteiger partial charge on any atom is -0.354 e. The summed E-state index contributed by atoms with van der Waals surface area (Å²) < 4.78 is 0. The Labute approximate surface area is 142 Å². The molecule has 3 heterocycles. The Balaban J connectivity index is 1.89. The van der Waals surface area contributed by atoms with E-state index in [4.69, 9.17) is 0 Å². The van der Waals surface area contributed by atoms with Crippen molar-refractivity contribution in [2.75, 3.05) is 39.1 Å². The Hall–Kier alpha value is -2.44. The molecule has 0 aliphatic carbocycles. The van der Waals surface area contributed by atoms with E-state index in [0.717, 1.165) is 48.5 Å². The number of nitrogens with zero attached hydrogens (tertiary/aromatic N) is 6. The second-order valence-corrected chi connectivity index (χ2v) is 6.52. The van der Waals surface area contributed by atoms with E-state index >= 15 is 0 Å². The van der Waals surface area contributed by atoms with Crippen molar-refractivity contribution in [3.8, 4) is 0 Å². The normalized spacial score (nSPS) is 17.8. The summed E-state index contributed by atoms with van der Waals surface area (Å²) in [5.41, 5.74) is 0.861. The molecule has 24 heavy (non-hydrogen) atoms. The maximum absolute atomic E-state index is 12.3. The molecule has 0 aromatic carbocycles. The average Bonchev–Trinajstić information content (AvgIpc) is 2.59. The lowest BCUT2D eigenvalue weighted by Gasteiger charge is -2.39. The molecule has 1 aliphatic heterocycles. The van der Waals surface area contributed by atoms with E-state index < -0.39 is 0 Å². The molecule has 0 spiro atoms. The van der Waals surface area contributed by atoms with Gasteiger partial charge in [-0.3, -0.25) is 4.98 Å². The standard InChI is InChI=1S/C17H24N6O/c1-12-19-15-10-18-8-7-14(15)16(20-12)23-9-5-6-13(11-23)22(4)17(24)21(2)3/h7-8,10,13H,5-6,9,11H2,1-4H3. The van der Waals surface area contributed by atoms with Gasteiger partial charge in [-0.15, -0.1) is 0 Å². The molecule has 0 saturated carbocycles. The van der Waals surface area contributed by atoms with Crippen molar-refractivity contribution in [2.24, 2.45) is 0 Å². The van der Waals surface area contributed by atoms with Crippen LogP contribution in [0.2, 0.25) is 0 Å². The molecule has 2 amide bonds. The second kappa shape index (κ2) is 6.59. The fourth-order valence-electron chi connectivity index (χ4n) is 3.25. The molecule has 0 radical (unpaired) electrons. The predicted octanol–water partition coefficient (Wildman–Crippen LogP) is 1.92. The SMILES string of the molecule is Cc1nc(N2CCCC(N(C)C(=O)N(C)C)C2)c2ccncc2n1. The van der Waals surface area contributed by atoms with Crippen LogP contribution in [0, 0.1) is 6.92 Å². The number of aromatic nitrogens is 3. The number of carbonyl (C=O) groups is 1. The molecule has 2 aromatic rings. The first-order valence-electron chi connectivity index (χ1n) is 8.25. The summed E-state index contributed by atoms with van der Waals surface area (Å²) in [6.07, 6.45) is 5.59. The van der Waals surface area contributed by atoms with Gasteiger partial charge >= 0.3 is 6.03 Å². The van der Waals surface area contributed by atoms with E-state index in [9.17, 15) is 4.79 Å². The molecule has 3 rings (SSSR count). The molecule has 2 aromatic heterocycles. The summed E-state index contributed by atoms with van der Waals surface area (Å²) in [6.45, 7) is 3.62. The number of likely N-dealkylation sites (N-methyl/N-ethyl adjacent to an activating group) is 1. The summed E-state index contributed by atoms with van der Waals surface area (Å²) in [7, 11) is 5.45. The van der Waals surface area contributed by atoms with E-state index in [1.165, 1.54) is 0 Å². The number of aryl methyl sites for hydroxylation is 1. The molecule has 1 unspecified atom stereocenters. The monoisotopic (exact) mass is 328 g/mol. The Bertz CT molecular complexity index is 747. The number of hydrogen-bond acceptors (Lipinski definition) is 5. The first kappa shape index (κ1) is 16.4. The number of piperidine rings is 1. The van der Waals surface area contributed by atoms with Crippen molar-refractivity contribution in [3.05, 3.63) is 24.3 Å². The van der Waals surface area contributed by atoms with E-state index in [1.807, 2.05) is 24.9 Å². The Kier molecular flexibility index (Phi) is 4.51. The number of rotatable bonds is 2. The zero-order valence-electron chi connectivity index (χ0n) is 14.7. The highest BCUT2D eigenvalue weighted by molar-refractivity contribution is 5.88. The van der Waals surface area contributed by atoms with Crippen molar-refractivity contribution in [1.29, 1.82) is 0 Å². The topological polar surface area (TPSA) is 65.5 Å². The van der Waals surface area contributed by atoms with Crippen molar-refractivity contribution >= 4 is 22.8 Å². The van der Waals surface area contributed by atoms with Crippen LogP contribution in [0.5, 0.6) is 0 Å². The third-order valence-corrected chi connectivity index (χ3v) is 4.52. The van der Waals surface area contributed by atoms with Gasteiger partial charge in [0.25, 0.3) is 0 Å². The van der Waals surface area contributed by atoms with Crippen molar-refractivity contribution < 1.29 is 4.79 Å². The van der Waals surface area contributed by atoms with Gasteiger partial charge in [-0.05, 0) is 25.8 Å². The summed E-state index contributed by atoms with van der Waals surface area (Å²) in [5.74, 6) is 1.68. The molecule has 128 valence electrons. The zero-order chi connectivity index (χ0) is 17.3. The summed E-state index contributed by atoms with van der Waals surface area (Å²) in [5, 5.41) is 1.01. The van der Waals surface area contributed by atoms with Crippen molar-refractivity contribution in [1.82, 2.24) is 24.8 Å². The van der Waals surface area contributed by atoms with Gasteiger partial charge in [-0.2, -0.15) is 0 Å². The highest BCUT2D eigenvalue weighted by Crippen LogP contribution is 2.27. The second-order valence-electron chi connectivity index (χ2n) is 6.52. The minimum absolute atomic E-state index is 0.0368. The largest absolute Gasteiger partial charge is 0.354 e. The maximum atomic E-state index is 12.3. The quantitative estimate of drug-likeness (QED) is 0.842. The van der Waals surface area contributed by atoms with Gasteiger partial charge in [0, 0.05) is 45.8 Å². The third kappa shape index (κ3) is 3.11. The smallest absolute Gasteiger partial charge is 0.319 e. The van der Waals surface area contributed by atoms with E-state index in [2.05, 4.69) is 19.9 Å². The number of anilines is 1. The highest BCUT2D eigenvalue weighted by Gasteiger charge is 2.28. The lowest BCUT2D eigenvalue weighted by molar-refractivity contribution is 0.157. The van der Waals surface area contributed by atoms with E-state index in [0.29, 0.717) is 0 Å². The molecule has 1 saturated heterocycles. The first-order valence-corrected chi connectivity index (χ1v) is 8.25. The lowest BCUT2D eigenvalue weighted by atomic mass is 10.0. The van der Waals surface area contributed by atoms with Crippen LogP contribution >= 0.6 is 0 Å². The predicted molar refractivity (Wildman–Crippen MR) is 94.2 cm³/mol. The van der Waals surface area contributed by atoms with Gasteiger partial charge in [0.1, 0.15) is 11.6 Å². The molecule has 7 heteroatoms. The fourth-order valence-corrected chi connectivity index (χ4v) is 3.25. The Morgan fingerprint density at radius 1 is 1.29 bits per heavy atom. The van der Waals surface area contributed by atoms with E-state index in [-0.39, 0.29) is 12.1 Å². The number of urea groups is 1. The highest BCUT2D eigenvalue weighted by atomic mass is 16.2. The van der Waals surface area contributed by atoms with Gasteiger partial charge < -0.3 is 14.7 Å². The summed E-state index contributed by atoms with van der Waals surface area (Å²) >= 11 is 0. The van der Waals surface area contributed by atoms with Crippen LogP contribution in [0.15, 0.2) is 18.5 Å². The van der Waals surface area contributed by atoms with Crippen LogP contribution in [-0.2, 0) is 0 Å². The van der Waals surface area contributed by atoms with Gasteiger partial charge in [0.05, 0.1) is 17.8 Å². The number of carbonyl (C=O) groups excluding carboxylic acids is 1. The molecular weight excluding hydrogens is 304 g/mol. The number of hydrogen-bond donors (Lipinski definition) is 0. The Morgan fingerprint density at radius 2 is 2.08 bits per heavy atom. The van der Waals surface area contributed by atoms with Crippen LogP contribution in [0.4, 0.5) is 10.6 Å². The van der Waals surface area contributed by atoms with Crippen molar-refractivity contribution in [3.63, 3.8) is 0 Å². The van der Waals surface area contributed by atoms with Gasteiger partial charge in [-0.1, -0.05) is 0 Å². The van der Waals surface area contributed by atoms with E-state index in [1.54, 1.807) is 31.4 Å². The fraction of sp³-hybridized carbons (Fsp3) is 0.529. The minimum atomic E-state index is 0.0368. The molecule has 1 fully saturated rings. The van der Waals surface area contributed by atoms with Crippen molar-refractivity contribution in [2.45, 2.75) is 25.8 Å². The number of amides is 2. The van der Waals surface area contributed by atoms with Crippen LogP contribution < -0.4 is 4.90 Å². The summed E-state index contributed by atoms with van der Waals surface area (Å²) in [4.78, 5) is 31.3. The molecular formula is C17H24N6O. The average molecular weight is 328 g/mol. The maximum Gasteiger partial charge on any atom is 0.319 e. The third-order valence-electron chi connectivity index (χ3n) is 4.52. The molecule has 0 N–H and O–H groups in total. The molecule has 7 nitrogen and oxygen atoms in total. The molecule has 1 aliphatic rings. The first-order chi connectivity index (χ1) is 11.5. The molecule has 1 atom stereocenters. The van der Waals surface area contributed by atoms with Gasteiger partial charge in [-0.25, -0.2) is 14.8 Å².